The van der Waals surface area contributed by atoms with E-state index in [-0.39, 0.29) is 18.0 Å². The average Bonchev–Trinajstić information content (AvgIpc) is 2.92. The van der Waals surface area contributed by atoms with Crippen LogP contribution in [0.4, 0.5) is 0 Å². The molecule has 0 aliphatic heterocycles. The summed E-state index contributed by atoms with van der Waals surface area (Å²) in [5.41, 5.74) is 2.82. The molecule has 1 aliphatic carbocycles. The molecule has 0 spiro atoms. The van der Waals surface area contributed by atoms with Crippen LogP contribution < -0.4 is 10.9 Å². The summed E-state index contributed by atoms with van der Waals surface area (Å²) in [6, 6.07) is 9.42. The van der Waals surface area contributed by atoms with Crippen LogP contribution in [-0.2, 0) is 30.7 Å². The van der Waals surface area contributed by atoms with Crippen LogP contribution in [0.2, 0.25) is 5.02 Å². The van der Waals surface area contributed by atoms with Crippen molar-refractivity contribution in [3.63, 3.8) is 0 Å². The lowest BCUT2D eigenvalue weighted by Gasteiger charge is -2.11. The Morgan fingerprint density at radius 3 is 2.89 bits per heavy atom. The molecule has 2 heterocycles. The van der Waals surface area contributed by atoms with Gasteiger partial charge in [-0.2, -0.15) is 5.10 Å². The van der Waals surface area contributed by atoms with Gasteiger partial charge in [-0.05, 0) is 54.8 Å². The van der Waals surface area contributed by atoms with Crippen LogP contribution in [0.15, 0.2) is 41.3 Å². The maximum absolute atomic E-state index is 12.3. The third-order valence-electron chi connectivity index (χ3n) is 5.23. The second kappa shape index (κ2) is 8.19. The van der Waals surface area contributed by atoms with Gasteiger partial charge in [0.25, 0.3) is 5.56 Å². The molecule has 0 fully saturated rings. The zero-order valence-corrected chi connectivity index (χ0v) is 16.4. The fraction of sp³-hybridized carbons (Fsp3) is 0.381. The van der Waals surface area contributed by atoms with Crippen molar-refractivity contribution >= 4 is 28.4 Å². The van der Waals surface area contributed by atoms with Crippen LogP contribution in [0.25, 0.3) is 10.9 Å². The Balaban J connectivity index is 1.37. The minimum atomic E-state index is -0.210. The summed E-state index contributed by atoms with van der Waals surface area (Å²) in [7, 11) is 0. The summed E-state index contributed by atoms with van der Waals surface area (Å²) in [4.78, 5) is 24.6. The third kappa shape index (κ3) is 4.12. The minimum Gasteiger partial charge on any atom is -0.353 e. The molecule has 28 heavy (non-hydrogen) atoms. The summed E-state index contributed by atoms with van der Waals surface area (Å²) in [6.45, 7) is 1.04. The van der Waals surface area contributed by atoms with Crippen molar-refractivity contribution in [2.45, 2.75) is 45.2 Å². The van der Waals surface area contributed by atoms with Gasteiger partial charge in [0.15, 0.2) is 0 Å². The van der Waals surface area contributed by atoms with Gasteiger partial charge in [-0.25, -0.2) is 4.68 Å². The van der Waals surface area contributed by atoms with Gasteiger partial charge in [0, 0.05) is 35.9 Å². The Labute approximate surface area is 168 Å². The van der Waals surface area contributed by atoms with Gasteiger partial charge in [-0.1, -0.05) is 24.1 Å². The largest absolute Gasteiger partial charge is 0.353 e. The van der Waals surface area contributed by atoms with Gasteiger partial charge in [0.1, 0.15) is 6.54 Å². The number of hydrogen-bond acceptors (Lipinski definition) is 3. The Morgan fingerprint density at radius 1 is 1.14 bits per heavy atom. The summed E-state index contributed by atoms with van der Waals surface area (Å²) in [5.74, 6) is -0.210. The van der Waals surface area contributed by atoms with Gasteiger partial charge in [0.05, 0.1) is 5.69 Å². The van der Waals surface area contributed by atoms with Crippen molar-refractivity contribution in [1.82, 2.24) is 19.7 Å². The van der Waals surface area contributed by atoms with E-state index in [0.29, 0.717) is 18.1 Å². The lowest BCUT2D eigenvalue weighted by molar-refractivity contribution is -0.121. The van der Waals surface area contributed by atoms with Crippen molar-refractivity contribution in [2.24, 2.45) is 0 Å². The number of benzene rings is 1. The Morgan fingerprint density at radius 2 is 2.00 bits per heavy atom. The van der Waals surface area contributed by atoms with Crippen molar-refractivity contribution in [1.29, 1.82) is 0 Å². The van der Waals surface area contributed by atoms with E-state index in [1.54, 1.807) is 6.07 Å². The van der Waals surface area contributed by atoms with Crippen LogP contribution in [-0.4, -0.2) is 26.8 Å². The zero-order chi connectivity index (χ0) is 19.5. The number of carbonyl (C=O) groups is 1. The van der Waals surface area contributed by atoms with E-state index in [1.807, 2.05) is 35.0 Å². The van der Waals surface area contributed by atoms with Gasteiger partial charge in [-0.3, -0.25) is 9.59 Å². The molecule has 4 rings (SSSR count). The summed E-state index contributed by atoms with van der Waals surface area (Å²) >= 11 is 6.08. The highest BCUT2D eigenvalue weighted by atomic mass is 35.5. The zero-order valence-electron chi connectivity index (χ0n) is 15.7. The van der Waals surface area contributed by atoms with Gasteiger partial charge < -0.3 is 9.88 Å². The fourth-order valence-electron chi connectivity index (χ4n) is 3.75. The molecule has 0 saturated heterocycles. The van der Waals surface area contributed by atoms with Crippen molar-refractivity contribution in [3.05, 3.63) is 63.2 Å². The number of halogens is 1. The molecule has 0 radical (unpaired) electrons. The molecule has 2 aromatic heterocycles. The number of aryl methyl sites for hydroxylation is 2. The first kappa shape index (κ1) is 18.7. The molecule has 1 N–H and O–H groups in total. The standard InChI is InChI=1S/C21H23ClN4O2/c22-17-7-6-15-8-10-25(19(15)13-17)11-9-23-20(27)14-26-21(28)12-16-4-2-1-3-5-18(16)24-26/h6-8,10,12-13H,1-5,9,11,14H2,(H,23,27). The SMILES string of the molecule is O=C(Cn1nc2c(cc1=O)CCCCC2)NCCn1ccc2ccc(Cl)cc21. The van der Waals surface area contributed by atoms with E-state index in [2.05, 4.69) is 10.4 Å². The lowest BCUT2D eigenvalue weighted by atomic mass is 10.1. The highest BCUT2D eigenvalue weighted by Crippen LogP contribution is 2.20. The number of amides is 1. The fourth-order valence-corrected chi connectivity index (χ4v) is 3.92. The predicted octanol–water partition coefficient (Wildman–Crippen LogP) is 2.94. The van der Waals surface area contributed by atoms with Gasteiger partial charge in [-0.15, -0.1) is 0 Å². The molecule has 1 aromatic carbocycles. The molecule has 1 amide bonds. The second-order valence-electron chi connectivity index (χ2n) is 7.24. The van der Waals surface area contributed by atoms with Crippen LogP contribution in [0.3, 0.4) is 0 Å². The van der Waals surface area contributed by atoms with Crippen LogP contribution >= 0.6 is 11.6 Å². The molecule has 0 unspecified atom stereocenters. The van der Waals surface area contributed by atoms with Crippen molar-refractivity contribution < 1.29 is 4.79 Å². The van der Waals surface area contributed by atoms with Crippen LogP contribution in [0, 0.1) is 0 Å². The molecule has 146 valence electrons. The smallest absolute Gasteiger partial charge is 0.267 e. The van der Waals surface area contributed by atoms with Crippen molar-refractivity contribution in [2.75, 3.05) is 6.54 Å². The summed E-state index contributed by atoms with van der Waals surface area (Å²) < 4.78 is 3.33. The first-order valence-corrected chi connectivity index (χ1v) is 10.1. The average molecular weight is 399 g/mol. The number of nitrogens with one attached hydrogen (secondary N) is 1. The molecule has 1 aliphatic rings. The topological polar surface area (TPSA) is 68.9 Å². The normalized spacial score (nSPS) is 13.9. The number of rotatable bonds is 5. The highest BCUT2D eigenvalue weighted by molar-refractivity contribution is 6.31. The molecular formula is C21H23ClN4O2. The second-order valence-corrected chi connectivity index (χ2v) is 7.67. The maximum Gasteiger partial charge on any atom is 0.267 e. The molecule has 0 atom stereocenters. The minimum absolute atomic E-state index is 0.0512. The van der Waals surface area contributed by atoms with Gasteiger partial charge >= 0.3 is 0 Å². The number of nitrogens with zero attached hydrogens (tertiary/aromatic N) is 3. The molecule has 0 bridgehead atoms. The Hall–Kier alpha value is -2.60. The number of fused-ring (bicyclic) bond motifs is 2. The Kier molecular flexibility index (Phi) is 5.48. The van der Waals surface area contributed by atoms with E-state index in [0.717, 1.165) is 54.3 Å². The van der Waals surface area contributed by atoms with Crippen LogP contribution in [0.5, 0.6) is 0 Å². The molecular weight excluding hydrogens is 376 g/mol. The van der Waals surface area contributed by atoms with Crippen LogP contribution in [0.1, 0.15) is 30.5 Å². The van der Waals surface area contributed by atoms with E-state index < -0.39 is 0 Å². The molecule has 6 nitrogen and oxygen atoms in total. The Bertz CT molecular complexity index is 1070. The first-order chi connectivity index (χ1) is 13.6. The molecule has 0 saturated carbocycles. The molecule has 7 heteroatoms. The molecule has 3 aromatic rings. The quantitative estimate of drug-likeness (QED) is 0.672. The van der Waals surface area contributed by atoms with E-state index in [4.69, 9.17) is 11.6 Å². The lowest BCUT2D eigenvalue weighted by Crippen LogP contribution is -2.35. The van der Waals surface area contributed by atoms with Gasteiger partial charge in [0.2, 0.25) is 5.91 Å². The van der Waals surface area contributed by atoms with E-state index in [1.165, 1.54) is 4.68 Å². The predicted molar refractivity (Wildman–Crippen MR) is 110 cm³/mol. The van der Waals surface area contributed by atoms with E-state index >= 15 is 0 Å². The highest BCUT2D eigenvalue weighted by Gasteiger charge is 2.14. The summed E-state index contributed by atoms with van der Waals surface area (Å²) in [6.07, 6.45) is 7.09. The van der Waals surface area contributed by atoms with E-state index in [9.17, 15) is 9.59 Å². The maximum atomic E-state index is 12.3. The monoisotopic (exact) mass is 398 g/mol. The number of hydrogen-bond donors (Lipinski definition) is 1. The first-order valence-electron chi connectivity index (χ1n) is 9.71. The van der Waals surface area contributed by atoms with Crippen molar-refractivity contribution in [3.8, 4) is 0 Å². The summed E-state index contributed by atoms with van der Waals surface area (Å²) in [5, 5.41) is 9.11. The number of carbonyl (C=O) groups excluding carboxylic acids is 1. The third-order valence-corrected chi connectivity index (χ3v) is 5.46. The number of aromatic nitrogens is 3.